The minimum absolute atomic E-state index is 0.474. The number of nitrogens with zero attached hydrogens (tertiary/aromatic N) is 2. The quantitative estimate of drug-likeness (QED) is 0.778. The normalized spacial score (nSPS) is 11.6. The van der Waals surface area contributed by atoms with Crippen molar-refractivity contribution in [1.29, 1.82) is 0 Å². The second kappa shape index (κ2) is 4.64. The van der Waals surface area contributed by atoms with Gasteiger partial charge in [0.25, 0.3) is 0 Å². The van der Waals surface area contributed by atoms with Gasteiger partial charge in [-0.1, -0.05) is 37.0 Å². The lowest BCUT2D eigenvalue weighted by atomic mass is 10.1. The van der Waals surface area contributed by atoms with E-state index in [-0.39, 0.29) is 0 Å². The minimum atomic E-state index is 0.474. The van der Waals surface area contributed by atoms with Crippen molar-refractivity contribution in [2.24, 2.45) is 0 Å². The highest BCUT2D eigenvalue weighted by Gasteiger charge is 2.12. The molecule has 1 heterocycles. The monoisotopic (exact) mass is 256 g/mol. The first-order chi connectivity index (χ1) is 7.67. The molecule has 0 spiro atoms. The summed E-state index contributed by atoms with van der Waals surface area (Å²) in [6, 6.07) is 4.19. The van der Waals surface area contributed by atoms with E-state index in [1.54, 1.807) is 0 Å². The summed E-state index contributed by atoms with van der Waals surface area (Å²) in [6.45, 7) is 4.36. The Hall–Kier alpha value is -0.730. The zero-order chi connectivity index (χ0) is 11.7. The summed E-state index contributed by atoms with van der Waals surface area (Å²) in [4.78, 5) is 4.36. The zero-order valence-corrected chi connectivity index (χ0v) is 10.9. The van der Waals surface area contributed by atoms with Gasteiger partial charge in [-0.3, -0.25) is 0 Å². The maximum Gasteiger partial charge on any atom is 0.0960 e. The van der Waals surface area contributed by atoms with Crippen LogP contribution in [0.5, 0.6) is 0 Å². The molecule has 2 aromatic rings. The van der Waals surface area contributed by atoms with Crippen LogP contribution in [0.2, 0.25) is 10.0 Å². The van der Waals surface area contributed by atoms with E-state index in [1.165, 1.54) is 0 Å². The van der Waals surface area contributed by atoms with Gasteiger partial charge in [0, 0.05) is 6.04 Å². The van der Waals surface area contributed by atoms with Crippen molar-refractivity contribution in [2.45, 2.75) is 32.7 Å². The summed E-state index contributed by atoms with van der Waals surface area (Å²) < 4.78 is 2.18. The molecule has 0 saturated heterocycles. The molecule has 86 valence electrons. The molecule has 0 aliphatic carbocycles. The van der Waals surface area contributed by atoms with Crippen molar-refractivity contribution in [1.82, 2.24) is 9.55 Å². The van der Waals surface area contributed by atoms with Gasteiger partial charge in [-0.05, 0) is 25.0 Å². The first kappa shape index (κ1) is 11.7. The molecule has 0 N–H and O–H groups in total. The SMILES string of the molecule is CCC(CC)n1cnc2cc(Cl)c(Cl)cc21. The summed E-state index contributed by atoms with van der Waals surface area (Å²) >= 11 is 12.0. The van der Waals surface area contributed by atoms with Gasteiger partial charge in [0.1, 0.15) is 0 Å². The van der Waals surface area contributed by atoms with E-state index in [0.29, 0.717) is 16.1 Å². The van der Waals surface area contributed by atoms with Crippen LogP contribution in [-0.4, -0.2) is 9.55 Å². The third-order valence-corrected chi connectivity index (χ3v) is 3.67. The predicted octanol–water partition coefficient (Wildman–Crippen LogP) is 4.70. The van der Waals surface area contributed by atoms with Crippen LogP contribution in [0.4, 0.5) is 0 Å². The van der Waals surface area contributed by atoms with Crippen LogP contribution in [0, 0.1) is 0 Å². The fourth-order valence-electron chi connectivity index (χ4n) is 2.00. The first-order valence-electron chi connectivity index (χ1n) is 5.49. The lowest BCUT2D eigenvalue weighted by Gasteiger charge is -2.15. The summed E-state index contributed by atoms with van der Waals surface area (Å²) in [5, 5.41) is 1.14. The number of fused-ring (bicyclic) bond motifs is 1. The second-order valence-corrected chi connectivity index (χ2v) is 4.69. The van der Waals surface area contributed by atoms with Crippen LogP contribution >= 0.6 is 23.2 Å². The molecule has 1 aromatic carbocycles. The van der Waals surface area contributed by atoms with Crippen molar-refractivity contribution in [3.63, 3.8) is 0 Å². The van der Waals surface area contributed by atoms with E-state index in [2.05, 4.69) is 23.4 Å². The standard InChI is InChI=1S/C12H14Cl2N2/c1-3-8(4-2)16-7-15-11-5-9(13)10(14)6-12(11)16/h5-8H,3-4H2,1-2H3. The maximum atomic E-state index is 6.03. The Bertz CT molecular complexity index is 501. The second-order valence-electron chi connectivity index (χ2n) is 3.88. The number of halogens is 2. The van der Waals surface area contributed by atoms with Gasteiger partial charge in [0.05, 0.1) is 27.4 Å². The molecule has 0 unspecified atom stereocenters. The molecule has 0 fully saturated rings. The van der Waals surface area contributed by atoms with Gasteiger partial charge in [0.15, 0.2) is 0 Å². The van der Waals surface area contributed by atoms with E-state index < -0.39 is 0 Å². The molecule has 1 aromatic heterocycles. The molecule has 4 heteroatoms. The Balaban J connectivity index is 2.59. The van der Waals surface area contributed by atoms with Crippen LogP contribution < -0.4 is 0 Å². The smallest absolute Gasteiger partial charge is 0.0960 e. The van der Waals surface area contributed by atoms with Crippen molar-refractivity contribution >= 4 is 34.2 Å². The number of benzene rings is 1. The van der Waals surface area contributed by atoms with Crippen molar-refractivity contribution in [3.8, 4) is 0 Å². The van der Waals surface area contributed by atoms with E-state index in [1.807, 2.05) is 18.5 Å². The molecule has 2 rings (SSSR count). The highest BCUT2D eigenvalue weighted by atomic mass is 35.5. The highest BCUT2D eigenvalue weighted by molar-refractivity contribution is 6.42. The Labute approximate surface area is 105 Å². The van der Waals surface area contributed by atoms with Crippen LogP contribution in [0.25, 0.3) is 11.0 Å². The average molecular weight is 257 g/mol. The van der Waals surface area contributed by atoms with Crippen LogP contribution in [0.3, 0.4) is 0 Å². The molecular formula is C12H14Cl2N2. The van der Waals surface area contributed by atoms with Gasteiger partial charge in [-0.2, -0.15) is 0 Å². The Morgan fingerprint density at radius 2 is 1.81 bits per heavy atom. The molecule has 0 saturated carbocycles. The predicted molar refractivity (Wildman–Crippen MR) is 69.4 cm³/mol. The molecule has 0 aliphatic heterocycles. The molecule has 2 nitrogen and oxygen atoms in total. The van der Waals surface area contributed by atoms with E-state index in [9.17, 15) is 0 Å². The molecule has 0 atom stereocenters. The minimum Gasteiger partial charge on any atom is -0.327 e. The number of hydrogen-bond acceptors (Lipinski definition) is 1. The number of hydrogen-bond donors (Lipinski definition) is 0. The Kier molecular flexibility index (Phi) is 3.41. The lowest BCUT2D eigenvalue weighted by molar-refractivity contribution is 0.483. The molecule has 16 heavy (non-hydrogen) atoms. The summed E-state index contributed by atoms with van der Waals surface area (Å²) in [7, 11) is 0. The van der Waals surface area contributed by atoms with Crippen molar-refractivity contribution in [3.05, 3.63) is 28.5 Å². The largest absolute Gasteiger partial charge is 0.327 e. The maximum absolute atomic E-state index is 6.03. The molecule has 0 amide bonds. The van der Waals surface area contributed by atoms with Crippen LogP contribution in [0.1, 0.15) is 32.7 Å². The molecule has 0 bridgehead atoms. The van der Waals surface area contributed by atoms with E-state index in [4.69, 9.17) is 23.2 Å². The summed E-state index contributed by atoms with van der Waals surface area (Å²) in [6.07, 6.45) is 4.04. The topological polar surface area (TPSA) is 17.8 Å². The molecular weight excluding hydrogens is 243 g/mol. The fourth-order valence-corrected chi connectivity index (χ4v) is 2.31. The highest BCUT2D eigenvalue weighted by Crippen LogP contribution is 2.29. The first-order valence-corrected chi connectivity index (χ1v) is 6.24. The fraction of sp³-hybridized carbons (Fsp3) is 0.417. The van der Waals surface area contributed by atoms with Gasteiger partial charge >= 0.3 is 0 Å². The van der Waals surface area contributed by atoms with E-state index in [0.717, 1.165) is 23.9 Å². The van der Waals surface area contributed by atoms with Gasteiger partial charge in [-0.25, -0.2) is 4.98 Å². The third-order valence-electron chi connectivity index (χ3n) is 2.95. The average Bonchev–Trinajstić information content (AvgIpc) is 2.65. The van der Waals surface area contributed by atoms with E-state index >= 15 is 0 Å². The van der Waals surface area contributed by atoms with Gasteiger partial charge < -0.3 is 4.57 Å². The molecule has 0 radical (unpaired) electrons. The number of aromatic nitrogens is 2. The number of rotatable bonds is 3. The van der Waals surface area contributed by atoms with Gasteiger partial charge in [-0.15, -0.1) is 0 Å². The Morgan fingerprint density at radius 1 is 1.19 bits per heavy atom. The van der Waals surface area contributed by atoms with Gasteiger partial charge in [0.2, 0.25) is 0 Å². The third kappa shape index (κ3) is 1.92. The van der Waals surface area contributed by atoms with Crippen LogP contribution in [0.15, 0.2) is 18.5 Å². The van der Waals surface area contributed by atoms with Crippen molar-refractivity contribution < 1.29 is 0 Å². The lowest BCUT2D eigenvalue weighted by Crippen LogP contribution is -2.05. The molecule has 0 aliphatic rings. The summed E-state index contributed by atoms with van der Waals surface area (Å²) in [5.41, 5.74) is 1.96. The number of imidazole rings is 1. The Morgan fingerprint density at radius 3 is 2.44 bits per heavy atom. The van der Waals surface area contributed by atoms with Crippen molar-refractivity contribution in [2.75, 3.05) is 0 Å². The van der Waals surface area contributed by atoms with Crippen LogP contribution in [-0.2, 0) is 0 Å². The zero-order valence-electron chi connectivity index (χ0n) is 9.37. The summed E-state index contributed by atoms with van der Waals surface area (Å²) in [5.74, 6) is 0.